The number of nitrogens with zero attached hydrogens (tertiary/aromatic N) is 1. The highest BCUT2D eigenvalue weighted by Gasteiger charge is 2.17. The van der Waals surface area contributed by atoms with Gasteiger partial charge in [-0.15, -0.1) is 0 Å². The number of pyridine rings is 1. The third-order valence-corrected chi connectivity index (χ3v) is 3.53. The van der Waals surface area contributed by atoms with E-state index in [1.807, 2.05) is 19.9 Å². The first kappa shape index (κ1) is 13.7. The van der Waals surface area contributed by atoms with Crippen LogP contribution in [0.2, 0.25) is 0 Å². The smallest absolute Gasteiger partial charge is 0.198 e. The van der Waals surface area contributed by atoms with Gasteiger partial charge in [0.25, 0.3) is 0 Å². The lowest BCUT2D eigenvalue weighted by Crippen LogP contribution is -2.06. The first-order chi connectivity index (χ1) is 9.04. The predicted molar refractivity (Wildman–Crippen MR) is 77.8 cm³/mol. The summed E-state index contributed by atoms with van der Waals surface area (Å²) in [5.74, 6) is 0.540. The molecular formula is C15H14BrNO2. The molecule has 98 valence electrons. The zero-order valence-electron chi connectivity index (χ0n) is 11.0. The summed E-state index contributed by atoms with van der Waals surface area (Å²) in [6, 6.07) is 5.48. The Morgan fingerprint density at radius 2 is 2.00 bits per heavy atom. The lowest BCUT2D eigenvalue weighted by Gasteiger charge is -2.12. The largest absolute Gasteiger partial charge is 0.496 e. The molecular weight excluding hydrogens is 306 g/mol. The Labute approximate surface area is 120 Å². The van der Waals surface area contributed by atoms with Crippen LogP contribution in [-0.2, 0) is 0 Å². The molecule has 0 saturated heterocycles. The average Bonchev–Trinajstić information content (AvgIpc) is 2.41. The molecule has 0 fully saturated rings. The number of hydrogen-bond donors (Lipinski definition) is 0. The van der Waals surface area contributed by atoms with Crippen molar-refractivity contribution < 1.29 is 9.53 Å². The second-order valence-electron chi connectivity index (χ2n) is 4.31. The lowest BCUT2D eigenvalue weighted by atomic mass is 9.98. The number of carbonyl (C=O) groups is 1. The van der Waals surface area contributed by atoms with Crippen molar-refractivity contribution in [1.29, 1.82) is 0 Å². The van der Waals surface area contributed by atoms with Crippen LogP contribution in [0.25, 0.3) is 0 Å². The van der Waals surface area contributed by atoms with Crippen LogP contribution in [0, 0.1) is 13.8 Å². The zero-order chi connectivity index (χ0) is 14.0. The van der Waals surface area contributed by atoms with E-state index in [1.165, 1.54) is 0 Å². The number of methoxy groups -OCH3 is 1. The van der Waals surface area contributed by atoms with Gasteiger partial charge >= 0.3 is 0 Å². The molecule has 0 radical (unpaired) electrons. The second kappa shape index (κ2) is 5.53. The Morgan fingerprint density at radius 1 is 1.26 bits per heavy atom. The van der Waals surface area contributed by atoms with Gasteiger partial charge in [-0.2, -0.15) is 0 Å². The maximum atomic E-state index is 12.5. The Kier molecular flexibility index (Phi) is 4.00. The molecule has 0 unspecified atom stereocenters. The third kappa shape index (κ3) is 2.68. The van der Waals surface area contributed by atoms with E-state index in [1.54, 1.807) is 31.6 Å². The zero-order valence-corrected chi connectivity index (χ0v) is 12.6. The highest BCUT2D eigenvalue weighted by atomic mass is 79.9. The van der Waals surface area contributed by atoms with E-state index < -0.39 is 0 Å². The van der Waals surface area contributed by atoms with Crippen molar-refractivity contribution in [3.63, 3.8) is 0 Å². The minimum absolute atomic E-state index is 0.0891. The third-order valence-electron chi connectivity index (χ3n) is 3.09. The Balaban J connectivity index is 2.53. The van der Waals surface area contributed by atoms with E-state index in [2.05, 4.69) is 20.9 Å². The van der Waals surface area contributed by atoms with Crippen LogP contribution < -0.4 is 4.74 Å². The van der Waals surface area contributed by atoms with Crippen molar-refractivity contribution in [3.8, 4) is 5.75 Å². The van der Waals surface area contributed by atoms with Crippen molar-refractivity contribution in [1.82, 2.24) is 4.98 Å². The minimum atomic E-state index is -0.0891. The molecule has 2 rings (SSSR count). The number of hydrogen-bond acceptors (Lipinski definition) is 3. The van der Waals surface area contributed by atoms with Gasteiger partial charge in [0, 0.05) is 22.4 Å². The molecule has 0 bridgehead atoms. The van der Waals surface area contributed by atoms with Gasteiger partial charge in [0.2, 0.25) is 0 Å². The quantitative estimate of drug-likeness (QED) is 0.810. The molecule has 0 aliphatic rings. The number of halogens is 1. The molecule has 1 aromatic carbocycles. The summed E-state index contributed by atoms with van der Waals surface area (Å²) in [6.07, 6.45) is 3.20. The normalized spacial score (nSPS) is 10.3. The molecule has 0 aliphatic carbocycles. The van der Waals surface area contributed by atoms with Crippen LogP contribution in [0.15, 0.2) is 35.1 Å². The molecule has 4 heteroatoms. The molecule has 3 nitrogen and oxygen atoms in total. The number of aryl methyl sites for hydroxylation is 1. The summed E-state index contributed by atoms with van der Waals surface area (Å²) < 4.78 is 6.16. The van der Waals surface area contributed by atoms with E-state index in [4.69, 9.17) is 4.74 Å². The number of aromatic nitrogens is 1. The first-order valence-corrected chi connectivity index (χ1v) is 6.63. The topological polar surface area (TPSA) is 39.2 Å². The summed E-state index contributed by atoms with van der Waals surface area (Å²) in [5.41, 5.74) is 3.18. The van der Waals surface area contributed by atoms with Crippen molar-refractivity contribution in [2.45, 2.75) is 13.8 Å². The molecule has 0 N–H and O–H groups in total. The van der Waals surface area contributed by atoms with Crippen molar-refractivity contribution in [3.05, 3.63) is 57.3 Å². The monoisotopic (exact) mass is 319 g/mol. The molecule has 19 heavy (non-hydrogen) atoms. The van der Waals surface area contributed by atoms with Gasteiger partial charge in [-0.25, -0.2) is 0 Å². The van der Waals surface area contributed by atoms with E-state index in [9.17, 15) is 4.79 Å². The number of benzene rings is 1. The summed E-state index contributed by atoms with van der Waals surface area (Å²) in [6.45, 7) is 3.94. The van der Waals surface area contributed by atoms with E-state index in [0.29, 0.717) is 16.9 Å². The molecule has 1 heterocycles. The number of ketones is 1. The molecule has 0 atom stereocenters. The highest BCUT2D eigenvalue weighted by Crippen LogP contribution is 2.28. The van der Waals surface area contributed by atoms with E-state index >= 15 is 0 Å². The maximum absolute atomic E-state index is 12.5. The van der Waals surface area contributed by atoms with Crippen LogP contribution in [-0.4, -0.2) is 17.9 Å². The van der Waals surface area contributed by atoms with Gasteiger partial charge in [-0.1, -0.05) is 6.07 Å². The van der Waals surface area contributed by atoms with E-state index in [-0.39, 0.29) is 5.78 Å². The van der Waals surface area contributed by atoms with Gasteiger partial charge in [-0.3, -0.25) is 9.78 Å². The fourth-order valence-corrected chi connectivity index (χ4v) is 2.29. The van der Waals surface area contributed by atoms with Gasteiger partial charge in [0.1, 0.15) is 5.75 Å². The van der Waals surface area contributed by atoms with E-state index in [0.717, 1.165) is 15.6 Å². The maximum Gasteiger partial charge on any atom is 0.198 e. The number of ether oxygens (including phenoxy) is 1. The molecule has 2 aromatic rings. The van der Waals surface area contributed by atoms with Crippen LogP contribution in [0.5, 0.6) is 5.75 Å². The average molecular weight is 320 g/mol. The fraction of sp³-hybridized carbons (Fsp3) is 0.200. The SMILES string of the molecule is COc1c(C(=O)c2cncc(Br)c2)ccc(C)c1C. The predicted octanol–water partition coefficient (Wildman–Crippen LogP) is 3.70. The molecule has 0 saturated carbocycles. The van der Waals surface area contributed by atoms with Gasteiger partial charge in [-0.05, 0) is 53.0 Å². The fourth-order valence-electron chi connectivity index (χ4n) is 1.92. The lowest BCUT2D eigenvalue weighted by molar-refractivity contribution is 0.103. The standard InChI is InChI=1S/C15H14BrNO2/c1-9-4-5-13(15(19-3)10(9)2)14(18)11-6-12(16)8-17-7-11/h4-8H,1-3H3. The van der Waals surface area contributed by atoms with Crippen molar-refractivity contribution >= 4 is 21.7 Å². The van der Waals surface area contributed by atoms with Crippen LogP contribution in [0.3, 0.4) is 0 Å². The van der Waals surface area contributed by atoms with Gasteiger partial charge in [0.05, 0.1) is 12.7 Å². The second-order valence-corrected chi connectivity index (χ2v) is 5.22. The van der Waals surface area contributed by atoms with Gasteiger partial charge in [0.15, 0.2) is 5.78 Å². The Morgan fingerprint density at radius 3 is 2.63 bits per heavy atom. The first-order valence-electron chi connectivity index (χ1n) is 5.84. The Hall–Kier alpha value is -1.68. The molecule has 0 spiro atoms. The van der Waals surface area contributed by atoms with Crippen LogP contribution in [0.4, 0.5) is 0 Å². The summed E-state index contributed by atoms with van der Waals surface area (Å²) in [4.78, 5) is 16.5. The number of rotatable bonds is 3. The summed E-state index contributed by atoms with van der Waals surface area (Å²) in [5, 5.41) is 0. The van der Waals surface area contributed by atoms with Crippen molar-refractivity contribution in [2.24, 2.45) is 0 Å². The van der Waals surface area contributed by atoms with Crippen molar-refractivity contribution in [2.75, 3.05) is 7.11 Å². The summed E-state index contributed by atoms with van der Waals surface area (Å²) >= 11 is 3.32. The minimum Gasteiger partial charge on any atom is -0.496 e. The van der Waals surface area contributed by atoms with Crippen LogP contribution >= 0.6 is 15.9 Å². The molecule has 0 aliphatic heterocycles. The molecule has 1 aromatic heterocycles. The number of carbonyl (C=O) groups excluding carboxylic acids is 1. The van der Waals surface area contributed by atoms with Crippen LogP contribution in [0.1, 0.15) is 27.0 Å². The summed E-state index contributed by atoms with van der Waals surface area (Å²) in [7, 11) is 1.58. The highest BCUT2D eigenvalue weighted by molar-refractivity contribution is 9.10. The Bertz CT molecular complexity index is 638. The molecule has 0 amide bonds. The van der Waals surface area contributed by atoms with Gasteiger partial charge < -0.3 is 4.74 Å².